The number of aromatic nitrogens is 3. The molecule has 0 amide bonds. The van der Waals surface area contributed by atoms with E-state index in [1.54, 1.807) is 26.2 Å². The number of ether oxygens (including phenoxy) is 1. The highest BCUT2D eigenvalue weighted by Gasteiger charge is 2.22. The van der Waals surface area contributed by atoms with Crippen molar-refractivity contribution in [1.82, 2.24) is 25.4 Å². The van der Waals surface area contributed by atoms with Crippen LogP contribution in [-0.2, 0) is 30.9 Å². The van der Waals surface area contributed by atoms with Crippen LogP contribution in [0.1, 0.15) is 36.1 Å². The van der Waals surface area contributed by atoms with E-state index in [1.165, 1.54) is 0 Å². The molecule has 1 aliphatic rings. The monoisotopic (exact) mass is 502 g/mol. The smallest absolute Gasteiger partial charge is 0.191 e. The van der Waals surface area contributed by atoms with Gasteiger partial charge in [0.25, 0.3) is 0 Å². The van der Waals surface area contributed by atoms with Gasteiger partial charge >= 0.3 is 0 Å². The molecule has 1 aromatic carbocycles. The fourth-order valence-electron chi connectivity index (χ4n) is 3.09. The molecule has 154 valence electrons. The van der Waals surface area contributed by atoms with Crippen LogP contribution in [0.3, 0.4) is 0 Å². The van der Waals surface area contributed by atoms with Crippen molar-refractivity contribution >= 4 is 29.9 Å². The van der Waals surface area contributed by atoms with Crippen LogP contribution in [0.5, 0.6) is 0 Å². The van der Waals surface area contributed by atoms with E-state index in [1.807, 2.05) is 17.7 Å². The Morgan fingerprint density at radius 2 is 2.25 bits per heavy atom. The van der Waals surface area contributed by atoms with E-state index >= 15 is 0 Å². The highest BCUT2D eigenvalue weighted by molar-refractivity contribution is 14.0. The molecule has 2 N–H and O–H groups in total. The molecule has 2 aromatic rings. The Labute approximate surface area is 182 Å². The summed E-state index contributed by atoms with van der Waals surface area (Å²) in [4.78, 5) is 9.10. The van der Waals surface area contributed by atoms with Gasteiger partial charge in [0.1, 0.15) is 18.2 Å². The number of aliphatic imine (C=N–C) groups is 1. The van der Waals surface area contributed by atoms with Crippen molar-refractivity contribution in [3.63, 3.8) is 0 Å². The second kappa shape index (κ2) is 10.7. The molecule has 0 fully saturated rings. The number of hydrogen-bond acceptors (Lipinski definition) is 4. The van der Waals surface area contributed by atoms with Crippen LogP contribution < -0.4 is 10.6 Å². The Morgan fingerprint density at radius 3 is 2.96 bits per heavy atom. The first-order chi connectivity index (χ1) is 13.1. The first-order valence-electron chi connectivity index (χ1n) is 9.30. The van der Waals surface area contributed by atoms with Crippen molar-refractivity contribution in [3.8, 4) is 0 Å². The predicted molar refractivity (Wildman–Crippen MR) is 117 cm³/mol. The number of nitrogens with zero attached hydrogens (tertiary/aromatic N) is 4. The van der Waals surface area contributed by atoms with Crippen molar-refractivity contribution < 1.29 is 9.13 Å². The van der Waals surface area contributed by atoms with Gasteiger partial charge in [-0.3, -0.25) is 0 Å². The van der Waals surface area contributed by atoms with Gasteiger partial charge in [-0.15, -0.1) is 24.0 Å². The number of guanidine groups is 1. The molecule has 7 nitrogen and oxygen atoms in total. The molecule has 3 rings (SSSR count). The van der Waals surface area contributed by atoms with Gasteiger partial charge in [0.05, 0.1) is 13.1 Å². The number of halogens is 2. The van der Waals surface area contributed by atoms with E-state index in [9.17, 15) is 4.39 Å². The number of methoxy groups -OCH3 is 1. The van der Waals surface area contributed by atoms with Gasteiger partial charge in [-0.25, -0.2) is 19.0 Å². The zero-order chi connectivity index (χ0) is 19.2. The maximum atomic E-state index is 13.7. The molecule has 2 heterocycles. The number of fused-ring (bicyclic) bond motifs is 1. The molecule has 0 spiro atoms. The Balaban J connectivity index is 0.00000280. The van der Waals surface area contributed by atoms with Gasteiger partial charge in [-0.1, -0.05) is 12.1 Å². The topological polar surface area (TPSA) is 76.4 Å². The minimum atomic E-state index is -0.196. The van der Waals surface area contributed by atoms with Crippen molar-refractivity contribution in [2.24, 2.45) is 4.99 Å². The lowest BCUT2D eigenvalue weighted by atomic mass is 10.1. The summed E-state index contributed by atoms with van der Waals surface area (Å²) in [7, 11) is 1.64. The highest BCUT2D eigenvalue weighted by atomic mass is 127. The highest BCUT2D eigenvalue weighted by Crippen LogP contribution is 2.14. The second-order valence-electron chi connectivity index (χ2n) is 6.72. The summed E-state index contributed by atoms with van der Waals surface area (Å²) in [5, 5.41) is 11.2. The lowest BCUT2D eigenvalue weighted by Crippen LogP contribution is -2.47. The van der Waals surface area contributed by atoms with Crippen LogP contribution in [0, 0.1) is 12.7 Å². The molecule has 28 heavy (non-hydrogen) atoms. The zero-order valence-corrected chi connectivity index (χ0v) is 18.9. The van der Waals surface area contributed by atoms with E-state index in [-0.39, 0.29) is 35.8 Å². The van der Waals surface area contributed by atoms with Crippen LogP contribution >= 0.6 is 24.0 Å². The first kappa shape index (κ1) is 22.5. The number of hydrogen-bond donors (Lipinski definition) is 2. The molecule has 0 bridgehead atoms. The largest absolute Gasteiger partial charge is 0.377 e. The summed E-state index contributed by atoms with van der Waals surface area (Å²) in [6.07, 6.45) is 1.81. The van der Waals surface area contributed by atoms with Crippen LogP contribution in [0.15, 0.2) is 23.2 Å². The number of nitrogens with one attached hydrogen (secondary N) is 2. The predicted octanol–water partition coefficient (Wildman–Crippen LogP) is 2.56. The minimum absolute atomic E-state index is 0. The summed E-state index contributed by atoms with van der Waals surface area (Å²) in [6, 6.07) is 5.45. The zero-order valence-electron chi connectivity index (χ0n) is 16.5. The van der Waals surface area contributed by atoms with Gasteiger partial charge in [0.15, 0.2) is 11.8 Å². The number of benzene rings is 1. The van der Waals surface area contributed by atoms with E-state index in [2.05, 4.69) is 25.7 Å². The third-order valence-electron chi connectivity index (χ3n) is 4.52. The van der Waals surface area contributed by atoms with E-state index in [0.717, 1.165) is 49.1 Å². The third kappa shape index (κ3) is 5.87. The van der Waals surface area contributed by atoms with Crippen LogP contribution in [-0.4, -0.2) is 40.4 Å². The van der Waals surface area contributed by atoms with Gasteiger partial charge in [0.2, 0.25) is 0 Å². The average molecular weight is 502 g/mol. The molecule has 0 saturated heterocycles. The molecule has 1 aromatic heterocycles. The summed E-state index contributed by atoms with van der Waals surface area (Å²) in [6.45, 7) is 6.12. The van der Waals surface area contributed by atoms with Gasteiger partial charge in [-0.05, 0) is 37.5 Å². The number of aryl methyl sites for hydroxylation is 2. The molecule has 1 unspecified atom stereocenters. The fraction of sp³-hybridized carbons (Fsp3) is 0.526. The fourth-order valence-corrected chi connectivity index (χ4v) is 3.09. The van der Waals surface area contributed by atoms with Gasteiger partial charge in [-0.2, -0.15) is 5.10 Å². The molecular formula is C19H28FIN6O. The second-order valence-corrected chi connectivity index (χ2v) is 6.72. The van der Waals surface area contributed by atoms with Gasteiger partial charge in [0, 0.05) is 26.1 Å². The molecule has 1 atom stereocenters. The molecule has 0 saturated carbocycles. The normalized spacial score (nSPS) is 16.3. The lowest BCUT2D eigenvalue weighted by Gasteiger charge is -2.25. The first-order valence-corrected chi connectivity index (χ1v) is 9.30. The Morgan fingerprint density at radius 1 is 1.43 bits per heavy atom. The Kier molecular flexibility index (Phi) is 8.61. The van der Waals surface area contributed by atoms with Crippen molar-refractivity contribution in [1.29, 1.82) is 0 Å². The summed E-state index contributed by atoms with van der Waals surface area (Å²) < 4.78 is 20.8. The van der Waals surface area contributed by atoms with Crippen LogP contribution in [0.2, 0.25) is 0 Å². The molecule has 9 heteroatoms. The quantitative estimate of drug-likeness (QED) is 0.361. The molecule has 0 radical (unpaired) electrons. The van der Waals surface area contributed by atoms with Crippen molar-refractivity contribution in [3.05, 3.63) is 46.8 Å². The summed E-state index contributed by atoms with van der Waals surface area (Å²) in [5.41, 5.74) is 1.49. The molecular weight excluding hydrogens is 474 g/mol. The lowest BCUT2D eigenvalue weighted by molar-refractivity contribution is 0.177. The maximum absolute atomic E-state index is 13.7. The van der Waals surface area contributed by atoms with E-state index in [0.29, 0.717) is 18.7 Å². The average Bonchev–Trinajstić information content (AvgIpc) is 3.04. The van der Waals surface area contributed by atoms with Crippen molar-refractivity contribution in [2.45, 2.75) is 52.4 Å². The molecule has 0 aliphatic carbocycles. The minimum Gasteiger partial charge on any atom is -0.377 e. The Hall–Kier alpha value is -1.75. The summed E-state index contributed by atoms with van der Waals surface area (Å²) >= 11 is 0. The third-order valence-corrected chi connectivity index (χ3v) is 4.52. The van der Waals surface area contributed by atoms with E-state index < -0.39 is 0 Å². The summed E-state index contributed by atoms with van der Waals surface area (Å²) in [5.74, 6) is 2.25. The maximum Gasteiger partial charge on any atom is 0.191 e. The van der Waals surface area contributed by atoms with E-state index in [4.69, 9.17) is 4.74 Å². The van der Waals surface area contributed by atoms with Crippen LogP contribution in [0.4, 0.5) is 4.39 Å². The Bertz CT molecular complexity index is 810. The number of rotatable bonds is 6. The standard InChI is InChI=1S/C19H27FN6O.HI/c1-4-21-19(22-10-14-6-5-13(2)16(20)9-14)23-15-7-8-18-24-17(12-27-3)25-26(18)11-15;/h5-6,9,15H,4,7-8,10-12H2,1-3H3,(H2,21,22,23);1H. The van der Waals surface area contributed by atoms with Crippen LogP contribution in [0.25, 0.3) is 0 Å². The SMILES string of the molecule is CCNC(=NCc1ccc(C)c(F)c1)NC1CCc2nc(COC)nn2C1.I. The van der Waals surface area contributed by atoms with Gasteiger partial charge < -0.3 is 15.4 Å². The van der Waals surface area contributed by atoms with Crippen molar-refractivity contribution in [2.75, 3.05) is 13.7 Å². The molecule has 1 aliphatic heterocycles.